The van der Waals surface area contributed by atoms with Crippen LogP contribution in [-0.4, -0.2) is 0 Å². The fourth-order valence-corrected chi connectivity index (χ4v) is 1.19. The number of hydrogen-bond donors (Lipinski definition) is 1. The highest BCUT2D eigenvalue weighted by Gasteiger charge is 2.07. The van der Waals surface area contributed by atoms with Gasteiger partial charge in [0, 0.05) is 5.70 Å². The fraction of sp³-hybridized carbons (Fsp3) is 0.500. The minimum Gasteiger partial charge on any atom is -0.399 e. The first-order valence-corrected chi connectivity index (χ1v) is 3.38. The van der Waals surface area contributed by atoms with E-state index in [1.54, 1.807) is 0 Å². The van der Waals surface area contributed by atoms with Gasteiger partial charge in [-0.05, 0) is 31.4 Å². The SMILES string of the molecule is CCC1=C(N)C=C(C)C1. The van der Waals surface area contributed by atoms with Gasteiger partial charge in [0.25, 0.3) is 0 Å². The van der Waals surface area contributed by atoms with Crippen LogP contribution in [0.2, 0.25) is 0 Å². The van der Waals surface area contributed by atoms with Crippen LogP contribution < -0.4 is 5.73 Å². The normalized spacial score (nSPS) is 18.7. The summed E-state index contributed by atoms with van der Waals surface area (Å²) in [5.74, 6) is 0. The zero-order valence-electron chi connectivity index (χ0n) is 6.07. The maximum absolute atomic E-state index is 5.68. The Morgan fingerprint density at radius 3 is 2.56 bits per heavy atom. The lowest BCUT2D eigenvalue weighted by molar-refractivity contribution is 0.999. The molecule has 2 N–H and O–H groups in total. The van der Waals surface area contributed by atoms with Crippen molar-refractivity contribution in [3.63, 3.8) is 0 Å². The summed E-state index contributed by atoms with van der Waals surface area (Å²) < 4.78 is 0. The molecule has 50 valence electrons. The Morgan fingerprint density at radius 1 is 1.67 bits per heavy atom. The van der Waals surface area contributed by atoms with E-state index in [0.717, 1.165) is 18.5 Å². The summed E-state index contributed by atoms with van der Waals surface area (Å²) in [5.41, 5.74) is 9.47. The monoisotopic (exact) mass is 123 g/mol. The fourth-order valence-electron chi connectivity index (χ4n) is 1.19. The number of rotatable bonds is 1. The summed E-state index contributed by atoms with van der Waals surface area (Å²) in [6, 6.07) is 0. The lowest BCUT2D eigenvalue weighted by atomic mass is 10.1. The van der Waals surface area contributed by atoms with Gasteiger partial charge in [-0.25, -0.2) is 0 Å². The van der Waals surface area contributed by atoms with Crippen LogP contribution in [0.4, 0.5) is 0 Å². The molecule has 1 nitrogen and oxygen atoms in total. The summed E-state index contributed by atoms with van der Waals surface area (Å²) in [6.45, 7) is 4.27. The molecule has 0 spiro atoms. The largest absolute Gasteiger partial charge is 0.399 e. The van der Waals surface area contributed by atoms with E-state index in [0.29, 0.717) is 0 Å². The molecule has 1 heteroatoms. The molecule has 0 fully saturated rings. The third-order valence-electron chi connectivity index (χ3n) is 1.73. The van der Waals surface area contributed by atoms with Gasteiger partial charge in [-0.2, -0.15) is 0 Å². The smallest absolute Gasteiger partial charge is 0.0308 e. The standard InChI is InChI=1S/C8H13N/c1-3-7-4-6(2)5-8(7)9/h5H,3-4,9H2,1-2H3. The van der Waals surface area contributed by atoms with E-state index in [2.05, 4.69) is 19.9 Å². The zero-order valence-corrected chi connectivity index (χ0v) is 6.07. The predicted octanol–water partition coefficient (Wildman–Crippen LogP) is 1.96. The van der Waals surface area contributed by atoms with E-state index >= 15 is 0 Å². The van der Waals surface area contributed by atoms with E-state index in [9.17, 15) is 0 Å². The molecule has 0 bridgehead atoms. The quantitative estimate of drug-likeness (QED) is 0.566. The molecule has 0 saturated carbocycles. The van der Waals surface area contributed by atoms with Crippen molar-refractivity contribution in [1.29, 1.82) is 0 Å². The second-order valence-corrected chi connectivity index (χ2v) is 2.58. The van der Waals surface area contributed by atoms with E-state index in [4.69, 9.17) is 5.73 Å². The van der Waals surface area contributed by atoms with Crippen LogP contribution in [0.3, 0.4) is 0 Å². The van der Waals surface area contributed by atoms with Crippen molar-refractivity contribution < 1.29 is 0 Å². The Kier molecular flexibility index (Phi) is 1.60. The van der Waals surface area contributed by atoms with Crippen molar-refractivity contribution in [2.24, 2.45) is 5.73 Å². The average molecular weight is 123 g/mol. The van der Waals surface area contributed by atoms with Gasteiger partial charge >= 0.3 is 0 Å². The molecular weight excluding hydrogens is 110 g/mol. The number of hydrogen-bond acceptors (Lipinski definition) is 1. The lowest BCUT2D eigenvalue weighted by Gasteiger charge is -1.96. The highest BCUT2D eigenvalue weighted by atomic mass is 14.6. The molecule has 9 heavy (non-hydrogen) atoms. The van der Waals surface area contributed by atoms with Crippen molar-refractivity contribution in [1.82, 2.24) is 0 Å². The van der Waals surface area contributed by atoms with Crippen LogP contribution in [0.5, 0.6) is 0 Å². The average Bonchev–Trinajstić information content (AvgIpc) is 2.10. The Balaban J connectivity index is 2.72. The van der Waals surface area contributed by atoms with Gasteiger partial charge in [-0.1, -0.05) is 12.5 Å². The molecule has 0 amide bonds. The molecule has 1 aliphatic carbocycles. The molecule has 0 radical (unpaired) electrons. The van der Waals surface area contributed by atoms with E-state index < -0.39 is 0 Å². The molecule has 0 unspecified atom stereocenters. The van der Waals surface area contributed by atoms with Crippen molar-refractivity contribution in [3.05, 3.63) is 22.9 Å². The molecule has 0 saturated heterocycles. The summed E-state index contributed by atoms with van der Waals surface area (Å²) in [5, 5.41) is 0. The van der Waals surface area contributed by atoms with Gasteiger partial charge in [-0.3, -0.25) is 0 Å². The van der Waals surface area contributed by atoms with Crippen LogP contribution >= 0.6 is 0 Å². The third-order valence-corrected chi connectivity index (χ3v) is 1.73. The van der Waals surface area contributed by atoms with Crippen molar-refractivity contribution in [2.45, 2.75) is 26.7 Å². The first kappa shape index (κ1) is 6.40. The van der Waals surface area contributed by atoms with Crippen molar-refractivity contribution >= 4 is 0 Å². The van der Waals surface area contributed by atoms with Crippen molar-refractivity contribution in [3.8, 4) is 0 Å². The molecule has 0 aromatic carbocycles. The predicted molar refractivity (Wildman–Crippen MR) is 39.9 cm³/mol. The Labute approximate surface area is 56.2 Å². The van der Waals surface area contributed by atoms with Gasteiger partial charge in [0.1, 0.15) is 0 Å². The maximum atomic E-state index is 5.68. The molecular formula is C8H13N. The summed E-state index contributed by atoms with van der Waals surface area (Å²) in [6.07, 6.45) is 4.26. The number of nitrogens with two attached hydrogens (primary N) is 1. The van der Waals surface area contributed by atoms with Crippen LogP contribution in [0, 0.1) is 0 Å². The molecule has 0 aromatic heterocycles. The lowest BCUT2D eigenvalue weighted by Crippen LogP contribution is -1.93. The first-order chi connectivity index (χ1) is 4.24. The first-order valence-electron chi connectivity index (χ1n) is 3.38. The van der Waals surface area contributed by atoms with Crippen LogP contribution in [0.25, 0.3) is 0 Å². The highest BCUT2D eigenvalue weighted by molar-refractivity contribution is 5.35. The van der Waals surface area contributed by atoms with E-state index in [1.807, 2.05) is 0 Å². The molecule has 0 aliphatic heterocycles. The Hall–Kier alpha value is -0.720. The highest BCUT2D eigenvalue weighted by Crippen LogP contribution is 2.23. The van der Waals surface area contributed by atoms with E-state index in [1.165, 1.54) is 11.1 Å². The van der Waals surface area contributed by atoms with Gasteiger partial charge in [0.2, 0.25) is 0 Å². The van der Waals surface area contributed by atoms with Gasteiger partial charge in [0.15, 0.2) is 0 Å². The van der Waals surface area contributed by atoms with Gasteiger partial charge in [-0.15, -0.1) is 0 Å². The van der Waals surface area contributed by atoms with E-state index in [-0.39, 0.29) is 0 Å². The summed E-state index contributed by atoms with van der Waals surface area (Å²) in [7, 11) is 0. The van der Waals surface area contributed by atoms with Crippen molar-refractivity contribution in [2.75, 3.05) is 0 Å². The molecule has 0 aromatic rings. The second-order valence-electron chi connectivity index (χ2n) is 2.58. The third kappa shape index (κ3) is 1.15. The summed E-state index contributed by atoms with van der Waals surface area (Å²) in [4.78, 5) is 0. The van der Waals surface area contributed by atoms with Crippen LogP contribution in [0.1, 0.15) is 26.7 Å². The Morgan fingerprint density at radius 2 is 2.33 bits per heavy atom. The van der Waals surface area contributed by atoms with Crippen LogP contribution in [-0.2, 0) is 0 Å². The van der Waals surface area contributed by atoms with Crippen LogP contribution in [0.15, 0.2) is 22.9 Å². The summed E-state index contributed by atoms with van der Waals surface area (Å²) >= 11 is 0. The molecule has 1 aliphatic rings. The maximum Gasteiger partial charge on any atom is 0.0308 e. The molecule has 1 rings (SSSR count). The molecule has 0 atom stereocenters. The van der Waals surface area contributed by atoms with Gasteiger partial charge < -0.3 is 5.73 Å². The Bertz CT molecular complexity index is 175. The minimum atomic E-state index is 0.995. The topological polar surface area (TPSA) is 26.0 Å². The minimum absolute atomic E-state index is 0.995. The zero-order chi connectivity index (χ0) is 6.85. The van der Waals surface area contributed by atoms with Gasteiger partial charge in [0.05, 0.1) is 0 Å². The molecule has 0 heterocycles. The second kappa shape index (κ2) is 2.26. The number of allylic oxidation sites excluding steroid dienone is 3.